The van der Waals surface area contributed by atoms with E-state index in [-0.39, 0.29) is 30.6 Å². The quantitative estimate of drug-likeness (QED) is 0.579. The second-order valence-corrected chi connectivity index (χ2v) is 9.72. The van der Waals surface area contributed by atoms with Gasteiger partial charge in [0.1, 0.15) is 5.65 Å². The number of carbonyl (C=O) groups excluding carboxylic acids is 2. The number of amides is 2. The third kappa shape index (κ3) is 6.10. The fourth-order valence-corrected chi connectivity index (χ4v) is 5.28. The number of hydrogen-bond donors (Lipinski definition) is 1. The van der Waals surface area contributed by atoms with E-state index in [0.29, 0.717) is 44.0 Å². The van der Waals surface area contributed by atoms with Gasteiger partial charge in [-0.1, -0.05) is 12.8 Å². The molecule has 0 aromatic carbocycles. The van der Waals surface area contributed by atoms with Crippen molar-refractivity contribution >= 4 is 17.5 Å². The van der Waals surface area contributed by atoms with Gasteiger partial charge >= 0.3 is 6.18 Å². The van der Waals surface area contributed by atoms with Crippen LogP contribution in [0.2, 0.25) is 0 Å². The maximum Gasteiger partial charge on any atom is 0.391 e. The van der Waals surface area contributed by atoms with Crippen molar-refractivity contribution in [3.05, 3.63) is 36.3 Å². The Hall–Kier alpha value is -2.58. The minimum absolute atomic E-state index is 0.0515. The van der Waals surface area contributed by atoms with Crippen LogP contribution in [0, 0.1) is 17.8 Å². The fraction of sp³-hybridized carbons (Fsp3) is 0.640. The number of carbonyl (C=O) groups is 2. The van der Waals surface area contributed by atoms with Crippen LogP contribution in [0.5, 0.6) is 0 Å². The molecule has 1 N–H and O–H groups in total. The Labute approximate surface area is 197 Å². The van der Waals surface area contributed by atoms with Crippen molar-refractivity contribution in [1.29, 1.82) is 0 Å². The number of likely N-dealkylation sites (tertiary alicyclic amines) is 1. The van der Waals surface area contributed by atoms with Gasteiger partial charge < -0.3 is 14.6 Å². The molecule has 0 radical (unpaired) electrons. The molecule has 1 aliphatic heterocycles. The highest BCUT2D eigenvalue weighted by Crippen LogP contribution is 2.40. The summed E-state index contributed by atoms with van der Waals surface area (Å²) in [4.78, 5) is 31.1. The molecule has 9 heteroatoms. The van der Waals surface area contributed by atoms with Crippen LogP contribution in [0.25, 0.3) is 5.65 Å². The smallest absolute Gasteiger partial charge is 0.352 e. The number of pyridine rings is 1. The molecule has 2 aromatic rings. The van der Waals surface area contributed by atoms with Gasteiger partial charge in [0, 0.05) is 44.1 Å². The minimum atomic E-state index is -4.13. The molecule has 0 unspecified atom stereocenters. The van der Waals surface area contributed by atoms with Gasteiger partial charge in [-0.05, 0) is 63.0 Å². The molecule has 2 fully saturated rings. The van der Waals surface area contributed by atoms with E-state index in [1.54, 1.807) is 18.5 Å². The summed E-state index contributed by atoms with van der Waals surface area (Å²) >= 11 is 0. The first-order valence-electron chi connectivity index (χ1n) is 12.4. The Balaban J connectivity index is 1.09. The summed E-state index contributed by atoms with van der Waals surface area (Å²) in [6, 6.07) is 3.59. The maximum atomic E-state index is 12.9. The Bertz CT molecular complexity index is 974. The predicted octanol–water partition coefficient (Wildman–Crippen LogP) is 4.84. The van der Waals surface area contributed by atoms with E-state index in [9.17, 15) is 22.8 Å². The van der Waals surface area contributed by atoms with Gasteiger partial charge in [0.25, 0.3) is 5.91 Å². The average Bonchev–Trinajstić information content (AvgIpc) is 3.31. The van der Waals surface area contributed by atoms with Gasteiger partial charge in [0.2, 0.25) is 5.91 Å². The first-order valence-corrected chi connectivity index (χ1v) is 12.4. The van der Waals surface area contributed by atoms with E-state index >= 15 is 0 Å². The van der Waals surface area contributed by atoms with Crippen molar-refractivity contribution in [2.24, 2.45) is 17.8 Å². The minimum Gasteiger partial charge on any atom is -0.352 e. The standard InChI is InChI=1S/C25H33F3N4O2/c26-25(27,28)21-7-4-19(5-8-21)24(34)31-14-10-18(11-15-31)3-1-2-12-30-23(33)20-6-9-22-29-13-16-32(22)17-20/h6,9,13,16-19,21H,1-5,7-8,10-12,14-15H2,(H,30,33). The highest BCUT2D eigenvalue weighted by Gasteiger charge is 2.43. The summed E-state index contributed by atoms with van der Waals surface area (Å²) in [6.07, 6.45) is 6.87. The van der Waals surface area contributed by atoms with Gasteiger partial charge in [0.15, 0.2) is 0 Å². The van der Waals surface area contributed by atoms with Crippen LogP contribution >= 0.6 is 0 Å². The molecule has 0 atom stereocenters. The van der Waals surface area contributed by atoms with Gasteiger partial charge in [-0.3, -0.25) is 9.59 Å². The Morgan fingerprint density at radius 3 is 2.47 bits per heavy atom. The molecule has 2 amide bonds. The number of unbranched alkanes of at least 4 members (excludes halogenated alkanes) is 1. The average molecular weight is 479 g/mol. The fourth-order valence-electron chi connectivity index (χ4n) is 5.28. The molecule has 0 bridgehead atoms. The molecular formula is C25H33F3N4O2. The van der Waals surface area contributed by atoms with E-state index < -0.39 is 12.1 Å². The Morgan fingerprint density at radius 2 is 1.76 bits per heavy atom. The maximum absolute atomic E-state index is 12.9. The second kappa shape index (κ2) is 10.8. The first-order chi connectivity index (χ1) is 16.3. The van der Waals surface area contributed by atoms with Crippen molar-refractivity contribution in [1.82, 2.24) is 19.6 Å². The number of nitrogens with one attached hydrogen (secondary N) is 1. The third-order valence-electron chi connectivity index (χ3n) is 7.44. The van der Waals surface area contributed by atoms with Crippen LogP contribution in [0.4, 0.5) is 13.2 Å². The molecule has 4 rings (SSSR count). The van der Waals surface area contributed by atoms with E-state index in [4.69, 9.17) is 0 Å². The van der Waals surface area contributed by atoms with Gasteiger partial charge in [0.05, 0.1) is 11.5 Å². The van der Waals surface area contributed by atoms with Gasteiger partial charge in [-0.15, -0.1) is 0 Å². The largest absolute Gasteiger partial charge is 0.391 e. The Kier molecular flexibility index (Phi) is 7.78. The SMILES string of the molecule is O=C(NCCCCC1CCN(C(=O)C2CCC(C(F)(F)F)CC2)CC1)c1ccc2nccn2c1. The van der Waals surface area contributed by atoms with E-state index in [1.165, 1.54) is 0 Å². The van der Waals surface area contributed by atoms with Crippen molar-refractivity contribution in [2.45, 2.75) is 64.0 Å². The summed E-state index contributed by atoms with van der Waals surface area (Å²) in [7, 11) is 0. The van der Waals surface area contributed by atoms with Crippen LogP contribution in [0.3, 0.4) is 0 Å². The summed E-state index contributed by atoms with van der Waals surface area (Å²) in [5, 5.41) is 2.97. The number of hydrogen-bond acceptors (Lipinski definition) is 3. The van der Waals surface area contributed by atoms with Crippen LogP contribution in [0.15, 0.2) is 30.7 Å². The molecular weight excluding hydrogens is 445 g/mol. The van der Waals surface area contributed by atoms with Crippen molar-refractivity contribution in [3.63, 3.8) is 0 Å². The molecule has 34 heavy (non-hydrogen) atoms. The van der Waals surface area contributed by atoms with Crippen molar-refractivity contribution in [2.75, 3.05) is 19.6 Å². The molecule has 1 saturated heterocycles. The number of rotatable bonds is 7. The normalized spacial score (nSPS) is 22.1. The monoisotopic (exact) mass is 478 g/mol. The summed E-state index contributed by atoms with van der Waals surface area (Å²) in [5.74, 6) is -0.965. The zero-order chi connectivity index (χ0) is 24.1. The van der Waals surface area contributed by atoms with Crippen LogP contribution in [-0.4, -0.2) is 51.9 Å². The molecule has 186 valence electrons. The number of piperidine rings is 1. The molecule has 1 saturated carbocycles. The summed E-state index contributed by atoms with van der Waals surface area (Å²) < 4.78 is 40.4. The van der Waals surface area contributed by atoms with E-state index in [2.05, 4.69) is 10.3 Å². The number of aromatic nitrogens is 2. The molecule has 1 aliphatic carbocycles. The molecule has 2 aliphatic rings. The highest BCUT2D eigenvalue weighted by atomic mass is 19.4. The van der Waals surface area contributed by atoms with Crippen molar-refractivity contribution in [3.8, 4) is 0 Å². The zero-order valence-electron chi connectivity index (χ0n) is 19.4. The third-order valence-corrected chi connectivity index (χ3v) is 7.44. The van der Waals surface area contributed by atoms with Crippen LogP contribution in [0.1, 0.15) is 68.1 Å². The zero-order valence-corrected chi connectivity index (χ0v) is 19.4. The first kappa shape index (κ1) is 24.5. The highest BCUT2D eigenvalue weighted by molar-refractivity contribution is 5.94. The number of imidazole rings is 1. The number of halogens is 3. The van der Waals surface area contributed by atoms with Crippen LogP contribution in [-0.2, 0) is 4.79 Å². The second-order valence-electron chi connectivity index (χ2n) is 9.72. The Morgan fingerprint density at radius 1 is 1.03 bits per heavy atom. The van der Waals surface area contributed by atoms with E-state index in [1.807, 2.05) is 21.6 Å². The lowest BCUT2D eigenvalue weighted by Crippen LogP contribution is -2.43. The predicted molar refractivity (Wildman–Crippen MR) is 122 cm³/mol. The van der Waals surface area contributed by atoms with Crippen LogP contribution < -0.4 is 5.32 Å². The molecule has 2 aromatic heterocycles. The lowest BCUT2D eigenvalue weighted by molar-refractivity contribution is -0.185. The summed E-state index contributed by atoms with van der Waals surface area (Å²) in [5.41, 5.74) is 1.41. The lowest BCUT2D eigenvalue weighted by Gasteiger charge is -2.36. The number of nitrogens with zero attached hydrogens (tertiary/aromatic N) is 3. The number of alkyl halides is 3. The van der Waals surface area contributed by atoms with E-state index in [0.717, 1.165) is 37.8 Å². The van der Waals surface area contributed by atoms with Crippen molar-refractivity contribution < 1.29 is 22.8 Å². The molecule has 3 heterocycles. The topological polar surface area (TPSA) is 66.7 Å². The lowest BCUT2D eigenvalue weighted by atomic mass is 9.80. The van der Waals surface area contributed by atoms with Gasteiger partial charge in [-0.25, -0.2) is 4.98 Å². The number of fused-ring (bicyclic) bond motifs is 1. The summed E-state index contributed by atoms with van der Waals surface area (Å²) in [6.45, 7) is 2.03. The molecule has 0 spiro atoms. The van der Waals surface area contributed by atoms with Gasteiger partial charge in [-0.2, -0.15) is 13.2 Å². The molecule has 6 nitrogen and oxygen atoms in total.